The van der Waals surface area contributed by atoms with E-state index < -0.39 is 0 Å². The van der Waals surface area contributed by atoms with Gasteiger partial charge in [-0.15, -0.1) is 12.6 Å². The van der Waals surface area contributed by atoms with Crippen molar-refractivity contribution >= 4 is 24.0 Å². The maximum Gasteiger partial charge on any atom is 0.00754 e. The summed E-state index contributed by atoms with van der Waals surface area (Å²) in [6.07, 6.45) is 0. The summed E-state index contributed by atoms with van der Waals surface area (Å²) in [5, 5.41) is 4.24. The van der Waals surface area contributed by atoms with Crippen LogP contribution in [0.2, 0.25) is 0 Å². The van der Waals surface area contributed by atoms with Gasteiger partial charge in [-0.3, -0.25) is 0 Å². The van der Waals surface area contributed by atoms with Crippen LogP contribution in [0.25, 0.3) is 11.1 Å². The van der Waals surface area contributed by atoms with Crippen LogP contribution in [0.3, 0.4) is 0 Å². The van der Waals surface area contributed by atoms with Crippen molar-refractivity contribution in [3.8, 4) is 11.1 Å². The van der Waals surface area contributed by atoms with Crippen molar-refractivity contribution in [2.75, 3.05) is 0 Å². The van der Waals surface area contributed by atoms with Crippen LogP contribution in [0.1, 0.15) is 5.56 Å². The number of hydrogen-bond donors (Lipinski definition) is 1. The summed E-state index contributed by atoms with van der Waals surface area (Å²) < 4.78 is 0. The monoisotopic (exact) mass is 206 g/mol. The Morgan fingerprint density at radius 3 is 2.62 bits per heavy atom. The van der Waals surface area contributed by atoms with Gasteiger partial charge in [0, 0.05) is 4.90 Å². The van der Waals surface area contributed by atoms with Crippen molar-refractivity contribution in [1.29, 1.82) is 0 Å². The molecule has 0 aliphatic rings. The van der Waals surface area contributed by atoms with E-state index >= 15 is 0 Å². The van der Waals surface area contributed by atoms with Crippen LogP contribution < -0.4 is 0 Å². The van der Waals surface area contributed by atoms with Gasteiger partial charge in [-0.25, -0.2) is 0 Å². The first-order chi connectivity index (χ1) is 6.27. The largest absolute Gasteiger partial charge is 0.152 e. The SMILES string of the molecule is Cc1ccc(-c2ccsc2)cc1S. The Balaban J connectivity index is 2.49. The van der Waals surface area contributed by atoms with Gasteiger partial charge < -0.3 is 0 Å². The quantitative estimate of drug-likeness (QED) is 0.670. The average molecular weight is 206 g/mol. The maximum absolute atomic E-state index is 4.40. The van der Waals surface area contributed by atoms with Crippen molar-refractivity contribution in [3.63, 3.8) is 0 Å². The van der Waals surface area contributed by atoms with Crippen LogP contribution in [0.5, 0.6) is 0 Å². The second-order valence-electron chi connectivity index (χ2n) is 3.01. The number of thiophene rings is 1. The van der Waals surface area contributed by atoms with Crippen molar-refractivity contribution in [1.82, 2.24) is 0 Å². The summed E-state index contributed by atoms with van der Waals surface area (Å²) >= 11 is 6.12. The maximum atomic E-state index is 4.40. The van der Waals surface area contributed by atoms with Gasteiger partial charge in [0.05, 0.1) is 0 Å². The Bertz CT molecular complexity index is 402. The third-order valence-corrected chi connectivity index (χ3v) is 3.23. The number of aryl methyl sites for hydroxylation is 1. The van der Waals surface area contributed by atoms with E-state index in [1.807, 2.05) is 0 Å². The van der Waals surface area contributed by atoms with E-state index in [4.69, 9.17) is 0 Å². The zero-order valence-corrected chi connectivity index (χ0v) is 9.03. The molecule has 0 saturated carbocycles. The molecule has 13 heavy (non-hydrogen) atoms. The lowest BCUT2D eigenvalue weighted by Gasteiger charge is -2.01. The highest BCUT2D eigenvalue weighted by molar-refractivity contribution is 7.80. The van der Waals surface area contributed by atoms with Crippen molar-refractivity contribution in [3.05, 3.63) is 40.6 Å². The normalized spacial score (nSPS) is 10.3. The van der Waals surface area contributed by atoms with Gasteiger partial charge in [0.2, 0.25) is 0 Å². The van der Waals surface area contributed by atoms with Crippen LogP contribution in [0.4, 0.5) is 0 Å². The number of benzene rings is 1. The van der Waals surface area contributed by atoms with Crippen molar-refractivity contribution < 1.29 is 0 Å². The van der Waals surface area contributed by atoms with Crippen LogP contribution in [-0.4, -0.2) is 0 Å². The molecule has 0 bridgehead atoms. The predicted octanol–water partition coefficient (Wildman–Crippen LogP) is 4.01. The highest BCUT2D eigenvalue weighted by Gasteiger charge is 1.99. The highest BCUT2D eigenvalue weighted by Crippen LogP contribution is 2.25. The van der Waals surface area contributed by atoms with Gasteiger partial charge in [-0.05, 0) is 46.5 Å². The highest BCUT2D eigenvalue weighted by atomic mass is 32.1. The smallest absolute Gasteiger partial charge is 0.00754 e. The molecule has 0 unspecified atom stereocenters. The molecule has 0 amide bonds. The Morgan fingerprint density at radius 2 is 2.00 bits per heavy atom. The number of thiol groups is 1. The van der Waals surface area contributed by atoms with Crippen LogP contribution in [0, 0.1) is 6.92 Å². The van der Waals surface area contributed by atoms with Gasteiger partial charge in [0.25, 0.3) is 0 Å². The fourth-order valence-corrected chi connectivity index (χ4v) is 2.10. The first-order valence-corrected chi connectivity index (χ1v) is 5.48. The Hall–Kier alpha value is -0.730. The van der Waals surface area contributed by atoms with E-state index in [9.17, 15) is 0 Å². The minimum atomic E-state index is 1.06. The lowest BCUT2D eigenvalue weighted by atomic mass is 10.1. The fourth-order valence-electron chi connectivity index (χ4n) is 1.22. The van der Waals surface area contributed by atoms with Gasteiger partial charge in [0.1, 0.15) is 0 Å². The lowest BCUT2D eigenvalue weighted by Crippen LogP contribution is -1.78. The molecule has 1 aromatic carbocycles. The minimum Gasteiger partial charge on any atom is -0.152 e. The molecule has 2 heteroatoms. The van der Waals surface area contributed by atoms with E-state index in [1.54, 1.807) is 11.3 Å². The van der Waals surface area contributed by atoms with Crippen LogP contribution >= 0.6 is 24.0 Å². The van der Waals surface area contributed by atoms with Crippen LogP contribution in [0.15, 0.2) is 39.9 Å². The summed E-state index contributed by atoms with van der Waals surface area (Å²) in [4.78, 5) is 1.06. The molecule has 2 rings (SSSR count). The summed E-state index contributed by atoms with van der Waals surface area (Å²) in [6, 6.07) is 8.48. The molecule has 0 aliphatic heterocycles. The molecule has 0 saturated heterocycles. The molecule has 0 atom stereocenters. The van der Waals surface area contributed by atoms with E-state index in [-0.39, 0.29) is 0 Å². The summed E-state index contributed by atoms with van der Waals surface area (Å²) in [5.41, 5.74) is 3.75. The van der Waals surface area contributed by atoms with Crippen LogP contribution in [-0.2, 0) is 0 Å². The third kappa shape index (κ3) is 1.79. The summed E-state index contributed by atoms with van der Waals surface area (Å²) in [6.45, 7) is 2.07. The standard InChI is InChI=1S/C11H10S2/c1-8-2-3-9(6-11(8)12)10-4-5-13-7-10/h2-7,12H,1H3. The van der Waals surface area contributed by atoms with Crippen molar-refractivity contribution in [2.45, 2.75) is 11.8 Å². The van der Waals surface area contributed by atoms with Gasteiger partial charge >= 0.3 is 0 Å². The molecular formula is C11H10S2. The van der Waals surface area contributed by atoms with Gasteiger partial charge in [0.15, 0.2) is 0 Å². The van der Waals surface area contributed by atoms with E-state index in [2.05, 4.69) is 54.6 Å². The van der Waals surface area contributed by atoms with Gasteiger partial charge in [-0.2, -0.15) is 11.3 Å². The zero-order valence-electron chi connectivity index (χ0n) is 7.32. The molecule has 0 spiro atoms. The molecule has 0 aliphatic carbocycles. The Kier molecular flexibility index (Phi) is 2.42. The molecule has 66 valence electrons. The Morgan fingerprint density at radius 1 is 1.15 bits per heavy atom. The third-order valence-electron chi connectivity index (χ3n) is 2.06. The predicted molar refractivity (Wildman–Crippen MR) is 61.7 cm³/mol. The number of rotatable bonds is 1. The van der Waals surface area contributed by atoms with E-state index in [1.165, 1.54) is 16.7 Å². The molecule has 1 aromatic heterocycles. The second-order valence-corrected chi connectivity index (χ2v) is 4.28. The van der Waals surface area contributed by atoms with Crippen molar-refractivity contribution in [2.24, 2.45) is 0 Å². The number of hydrogen-bond acceptors (Lipinski definition) is 2. The molecule has 0 nitrogen and oxygen atoms in total. The summed E-state index contributed by atoms with van der Waals surface area (Å²) in [7, 11) is 0. The molecule has 1 heterocycles. The molecule has 0 fully saturated rings. The molecule has 0 N–H and O–H groups in total. The van der Waals surface area contributed by atoms with Gasteiger partial charge in [-0.1, -0.05) is 12.1 Å². The van der Waals surface area contributed by atoms with E-state index in [0.717, 1.165) is 4.90 Å². The fraction of sp³-hybridized carbons (Fsp3) is 0.0909. The topological polar surface area (TPSA) is 0 Å². The minimum absolute atomic E-state index is 1.06. The Labute approximate surface area is 87.6 Å². The van der Waals surface area contributed by atoms with E-state index in [0.29, 0.717) is 0 Å². The molecule has 0 radical (unpaired) electrons. The summed E-state index contributed by atoms with van der Waals surface area (Å²) in [5.74, 6) is 0. The first-order valence-electron chi connectivity index (χ1n) is 4.09. The zero-order chi connectivity index (χ0) is 9.26. The first kappa shape index (κ1) is 8.85. The lowest BCUT2D eigenvalue weighted by molar-refractivity contribution is 1.31. The molecular weight excluding hydrogens is 196 g/mol. The molecule has 2 aromatic rings. The second kappa shape index (κ2) is 3.56. The average Bonchev–Trinajstić information content (AvgIpc) is 2.62.